The molecule has 1 aromatic heterocycles. The lowest BCUT2D eigenvalue weighted by Crippen LogP contribution is -2.15. The van der Waals surface area contributed by atoms with Gasteiger partial charge in [-0.25, -0.2) is 21.6 Å². The topological polar surface area (TPSA) is 95.0 Å². The molecule has 0 amide bonds. The fourth-order valence-electron chi connectivity index (χ4n) is 2.43. The maximum Gasteiger partial charge on any atom is 0.266 e. The number of nitrogens with one attached hydrogen (secondary N) is 2. The van der Waals surface area contributed by atoms with E-state index in [9.17, 15) is 21.6 Å². The van der Waals surface area contributed by atoms with Gasteiger partial charge in [0.05, 0.1) is 11.4 Å². The number of sulfonamides is 1. The number of aromatic nitrogens is 1. The molecule has 0 aliphatic rings. The van der Waals surface area contributed by atoms with E-state index in [1.165, 1.54) is 0 Å². The molecule has 0 unspecified atom stereocenters. The maximum atomic E-state index is 14.6. The quantitative estimate of drug-likeness (QED) is 0.650. The minimum absolute atomic E-state index is 0.0621. The van der Waals surface area contributed by atoms with Crippen LogP contribution in [-0.2, 0) is 10.0 Å². The number of hydrogen-bond donors (Lipinski definition) is 2. The van der Waals surface area contributed by atoms with E-state index >= 15 is 0 Å². The van der Waals surface area contributed by atoms with Crippen molar-refractivity contribution in [2.45, 2.75) is 4.90 Å². The van der Waals surface area contributed by atoms with Gasteiger partial charge in [0.1, 0.15) is 11.0 Å². The Morgan fingerprint density at radius 2 is 1.82 bits per heavy atom. The maximum absolute atomic E-state index is 14.6. The summed E-state index contributed by atoms with van der Waals surface area (Å²) >= 11 is 0. The summed E-state index contributed by atoms with van der Waals surface area (Å²) in [6.07, 6.45) is 0.915. The number of halogens is 3. The number of H-pyrrole nitrogens is 1. The van der Waals surface area contributed by atoms with Crippen LogP contribution < -0.4 is 9.46 Å². The lowest BCUT2D eigenvalue weighted by atomic mass is 10.1. The zero-order valence-electron chi connectivity index (χ0n) is 14.0. The van der Waals surface area contributed by atoms with E-state index in [0.717, 1.165) is 6.20 Å². The highest BCUT2D eigenvalue weighted by atomic mass is 32.2. The van der Waals surface area contributed by atoms with Crippen molar-refractivity contribution < 1.29 is 26.3 Å². The van der Waals surface area contributed by atoms with Crippen LogP contribution in [0.3, 0.4) is 0 Å². The van der Waals surface area contributed by atoms with Crippen LogP contribution in [0.5, 0.6) is 5.75 Å². The second kappa shape index (κ2) is 7.66. The lowest BCUT2D eigenvalue weighted by Gasteiger charge is -2.10. The summed E-state index contributed by atoms with van der Waals surface area (Å²) in [5.41, 5.74) is -0.380. The van der Waals surface area contributed by atoms with E-state index in [1.54, 1.807) is 36.4 Å². The standard InChI is InChI=1S/C18H12F3N3O3S/c19-12-9-15(27-7-6-22)13(20)8-14(12)24-28(25,26)16-10-23-18(17(16)21)11-4-2-1-3-5-11/h1-5,8-10,23-24H,7H2. The summed E-state index contributed by atoms with van der Waals surface area (Å²) in [7, 11) is -4.56. The molecule has 3 rings (SSSR count). The zero-order chi connectivity index (χ0) is 20.3. The van der Waals surface area contributed by atoms with Crippen LogP contribution in [0.25, 0.3) is 11.3 Å². The lowest BCUT2D eigenvalue weighted by molar-refractivity contribution is 0.344. The number of aromatic amines is 1. The van der Waals surface area contributed by atoms with Crippen molar-refractivity contribution in [1.82, 2.24) is 4.98 Å². The van der Waals surface area contributed by atoms with Gasteiger partial charge in [0.2, 0.25) is 0 Å². The van der Waals surface area contributed by atoms with Crippen molar-refractivity contribution in [3.63, 3.8) is 0 Å². The van der Waals surface area contributed by atoms with Gasteiger partial charge < -0.3 is 9.72 Å². The Balaban J connectivity index is 1.92. The molecule has 0 aliphatic heterocycles. The highest BCUT2D eigenvalue weighted by molar-refractivity contribution is 7.92. The molecule has 1 heterocycles. The van der Waals surface area contributed by atoms with Crippen LogP contribution in [0.2, 0.25) is 0 Å². The van der Waals surface area contributed by atoms with Crippen molar-refractivity contribution in [2.75, 3.05) is 11.3 Å². The molecule has 0 atom stereocenters. The average molecular weight is 407 g/mol. The summed E-state index contributed by atoms with van der Waals surface area (Å²) in [6, 6.07) is 10.9. The number of nitriles is 1. The van der Waals surface area contributed by atoms with Crippen LogP contribution in [0.4, 0.5) is 18.9 Å². The van der Waals surface area contributed by atoms with Gasteiger partial charge in [-0.15, -0.1) is 0 Å². The molecule has 10 heteroatoms. The second-order valence-corrected chi connectivity index (χ2v) is 7.17. The van der Waals surface area contributed by atoms with Crippen LogP contribution in [0, 0.1) is 28.8 Å². The van der Waals surface area contributed by atoms with Crippen molar-refractivity contribution in [3.8, 4) is 23.1 Å². The first-order valence-corrected chi connectivity index (χ1v) is 9.25. The molecule has 3 aromatic rings. The normalized spacial score (nSPS) is 11.1. The highest BCUT2D eigenvalue weighted by Crippen LogP contribution is 2.30. The smallest absolute Gasteiger partial charge is 0.266 e. The molecule has 2 N–H and O–H groups in total. The van der Waals surface area contributed by atoms with Gasteiger partial charge in [-0.05, 0) is 0 Å². The molecule has 0 spiro atoms. The molecule has 0 saturated heterocycles. The molecule has 2 aromatic carbocycles. The Labute approximate surface area is 158 Å². The molecule has 0 fully saturated rings. The number of nitrogens with zero attached hydrogens (tertiary/aromatic N) is 1. The first kappa shape index (κ1) is 19.3. The zero-order valence-corrected chi connectivity index (χ0v) is 14.9. The van der Waals surface area contributed by atoms with Crippen molar-refractivity contribution in [3.05, 3.63) is 66.1 Å². The summed E-state index contributed by atoms with van der Waals surface area (Å²) in [5, 5.41) is 8.41. The van der Waals surface area contributed by atoms with E-state index < -0.39 is 50.4 Å². The number of ether oxygens (including phenoxy) is 1. The number of rotatable bonds is 6. The second-order valence-electron chi connectivity index (χ2n) is 5.52. The number of hydrogen-bond acceptors (Lipinski definition) is 4. The Hall–Kier alpha value is -3.45. The summed E-state index contributed by atoms with van der Waals surface area (Å²) in [5.74, 6) is -3.86. The van der Waals surface area contributed by atoms with Crippen LogP contribution in [-0.4, -0.2) is 20.0 Å². The third kappa shape index (κ3) is 3.79. The van der Waals surface area contributed by atoms with Crippen LogP contribution in [0.1, 0.15) is 0 Å². The van der Waals surface area contributed by atoms with Crippen molar-refractivity contribution in [1.29, 1.82) is 5.26 Å². The molecule has 0 radical (unpaired) electrons. The van der Waals surface area contributed by atoms with Gasteiger partial charge in [-0.3, -0.25) is 4.72 Å². The van der Waals surface area contributed by atoms with Crippen LogP contribution in [0.15, 0.2) is 53.6 Å². The molecule has 6 nitrogen and oxygen atoms in total. The fourth-order valence-corrected chi connectivity index (χ4v) is 3.53. The number of anilines is 1. The summed E-state index contributed by atoms with van der Waals surface area (Å²) in [6.45, 7) is -0.516. The monoisotopic (exact) mass is 407 g/mol. The summed E-state index contributed by atoms with van der Waals surface area (Å²) in [4.78, 5) is 1.77. The van der Waals surface area contributed by atoms with Gasteiger partial charge >= 0.3 is 0 Å². The van der Waals surface area contributed by atoms with Gasteiger partial charge in [0.15, 0.2) is 29.8 Å². The predicted octanol–water partition coefficient (Wildman–Crippen LogP) is 3.80. The predicted molar refractivity (Wildman–Crippen MR) is 94.5 cm³/mol. The van der Waals surface area contributed by atoms with Gasteiger partial charge in [-0.1, -0.05) is 30.3 Å². The minimum Gasteiger partial charge on any atom is -0.476 e. The molecule has 0 aliphatic carbocycles. The molecule has 144 valence electrons. The van der Waals surface area contributed by atoms with Crippen LogP contribution >= 0.6 is 0 Å². The van der Waals surface area contributed by atoms with Gasteiger partial charge in [0, 0.05) is 23.9 Å². The largest absolute Gasteiger partial charge is 0.476 e. The fraction of sp³-hybridized carbons (Fsp3) is 0.0556. The van der Waals surface area contributed by atoms with E-state index in [1.807, 2.05) is 4.72 Å². The van der Waals surface area contributed by atoms with Crippen molar-refractivity contribution >= 4 is 15.7 Å². The Morgan fingerprint density at radius 3 is 2.50 bits per heavy atom. The number of benzene rings is 2. The van der Waals surface area contributed by atoms with Crippen molar-refractivity contribution in [2.24, 2.45) is 0 Å². The molecular weight excluding hydrogens is 395 g/mol. The third-order valence-corrected chi connectivity index (χ3v) is 5.06. The first-order chi connectivity index (χ1) is 13.3. The van der Waals surface area contributed by atoms with E-state index in [0.29, 0.717) is 17.7 Å². The minimum atomic E-state index is -4.56. The molecule has 28 heavy (non-hydrogen) atoms. The third-order valence-electron chi connectivity index (χ3n) is 3.69. The van der Waals surface area contributed by atoms with E-state index in [4.69, 9.17) is 5.26 Å². The van der Waals surface area contributed by atoms with E-state index in [2.05, 4.69) is 9.72 Å². The molecule has 0 bridgehead atoms. The summed E-state index contributed by atoms with van der Waals surface area (Å²) < 4.78 is 74.1. The first-order valence-electron chi connectivity index (χ1n) is 7.77. The molecule has 0 saturated carbocycles. The Bertz CT molecular complexity index is 1160. The highest BCUT2D eigenvalue weighted by Gasteiger charge is 2.26. The van der Waals surface area contributed by atoms with Gasteiger partial charge in [-0.2, -0.15) is 5.26 Å². The SMILES string of the molecule is N#CCOc1cc(F)c(NS(=O)(=O)c2c[nH]c(-c3ccccc3)c2F)cc1F. The van der Waals surface area contributed by atoms with Gasteiger partial charge in [0.25, 0.3) is 10.0 Å². The average Bonchev–Trinajstić information content (AvgIpc) is 3.06. The molecular formula is C18H12F3N3O3S. The Morgan fingerprint density at radius 1 is 1.11 bits per heavy atom. The Kier molecular flexibility index (Phi) is 5.28. The van der Waals surface area contributed by atoms with E-state index in [-0.39, 0.29) is 5.69 Å².